The summed E-state index contributed by atoms with van der Waals surface area (Å²) in [5.41, 5.74) is 0.551. The van der Waals surface area contributed by atoms with Crippen LogP contribution in [0.4, 0.5) is 0 Å². The maximum atomic E-state index is 13.0. The fourth-order valence-electron chi connectivity index (χ4n) is 3.66. The second kappa shape index (κ2) is 8.88. The predicted molar refractivity (Wildman–Crippen MR) is 109 cm³/mol. The topological polar surface area (TPSA) is 80.8 Å². The van der Waals surface area contributed by atoms with E-state index in [0.717, 1.165) is 6.42 Å². The first-order chi connectivity index (χ1) is 13.8. The highest BCUT2D eigenvalue weighted by atomic mass is 32.2. The molecule has 2 atom stereocenters. The minimum Gasteiger partial charge on any atom is -0.454 e. The summed E-state index contributed by atoms with van der Waals surface area (Å²) in [6.45, 7) is 4.60. The molecular formula is C22H25NO5S. The lowest BCUT2D eigenvalue weighted by atomic mass is 9.94. The summed E-state index contributed by atoms with van der Waals surface area (Å²) in [5.74, 6) is -0.484. The van der Waals surface area contributed by atoms with Gasteiger partial charge in [0.1, 0.15) is 0 Å². The molecule has 6 nitrogen and oxygen atoms in total. The van der Waals surface area contributed by atoms with Gasteiger partial charge in [-0.05, 0) is 36.5 Å². The molecular weight excluding hydrogens is 390 g/mol. The fourth-order valence-corrected chi connectivity index (χ4v) is 5.38. The molecule has 1 saturated heterocycles. The van der Waals surface area contributed by atoms with Gasteiger partial charge in [0.15, 0.2) is 12.4 Å². The number of rotatable bonds is 6. The first-order valence-electron chi connectivity index (χ1n) is 9.63. The Morgan fingerprint density at radius 2 is 1.59 bits per heavy atom. The number of sulfonamides is 1. The van der Waals surface area contributed by atoms with Crippen molar-refractivity contribution in [2.24, 2.45) is 11.8 Å². The van der Waals surface area contributed by atoms with E-state index in [1.54, 1.807) is 30.3 Å². The van der Waals surface area contributed by atoms with Crippen LogP contribution in [-0.2, 0) is 14.8 Å². The molecule has 3 rings (SSSR count). The van der Waals surface area contributed by atoms with E-state index in [4.69, 9.17) is 4.74 Å². The maximum Gasteiger partial charge on any atom is 0.338 e. The Morgan fingerprint density at radius 1 is 0.966 bits per heavy atom. The number of hydrogen-bond donors (Lipinski definition) is 0. The Kier molecular flexibility index (Phi) is 6.49. The number of Topliss-reactive ketones (excluding diaryl/α,β-unsaturated/α-hetero) is 1. The lowest BCUT2D eigenvalue weighted by Gasteiger charge is -2.34. The van der Waals surface area contributed by atoms with Gasteiger partial charge in [-0.1, -0.05) is 50.2 Å². The molecule has 1 aliphatic rings. The van der Waals surface area contributed by atoms with Crippen molar-refractivity contribution < 1.29 is 22.7 Å². The van der Waals surface area contributed by atoms with E-state index < -0.39 is 22.6 Å². The van der Waals surface area contributed by atoms with Gasteiger partial charge in [-0.25, -0.2) is 13.2 Å². The zero-order chi connectivity index (χ0) is 21.0. The predicted octanol–water partition coefficient (Wildman–Crippen LogP) is 3.39. The number of piperidine rings is 1. The summed E-state index contributed by atoms with van der Waals surface area (Å²) in [4.78, 5) is 24.5. The van der Waals surface area contributed by atoms with Gasteiger partial charge in [0.25, 0.3) is 0 Å². The zero-order valence-corrected chi connectivity index (χ0v) is 17.4. The van der Waals surface area contributed by atoms with Crippen LogP contribution in [0.5, 0.6) is 0 Å². The van der Waals surface area contributed by atoms with Gasteiger partial charge >= 0.3 is 5.97 Å². The van der Waals surface area contributed by atoms with Crippen LogP contribution >= 0.6 is 0 Å². The average Bonchev–Trinajstić information content (AvgIpc) is 2.71. The van der Waals surface area contributed by atoms with Gasteiger partial charge in [0, 0.05) is 18.7 Å². The van der Waals surface area contributed by atoms with Crippen LogP contribution in [0.15, 0.2) is 59.5 Å². The average molecular weight is 416 g/mol. The number of ketones is 1. The summed E-state index contributed by atoms with van der Waals surface area (Å²) >= 11 is 0. The van der Waals surface area contributed by atoms with Gasteiger partial charge in [-0.3, -0.25) is 4.79 Å². The van der Waals surface area contributed by atoms with E-state index in [2.05, 4.69) is 0 Å². The fraction of sp³-hybridized carbons (Fsp3) is 0.364. The Hall–Kier alpha value is -2.51. The Labute approximate surface area is 171 Å². The molecule has 0 spiro atoms. The molecule has 0 N–H and O–H groups in total. The SMILES string of the molecule is CC1CC(C)CN(S(=O)(=O)c2cccc(C(=O)OCC(=O)c3ccccc3)c2)C1. The molecule has 0 radical (unpaired) electrons. The molecule has 2 aromatic carbocycles. The Balaban J connectivity index is 1.71. The van der Waals surface area contributed by atoms with Crippen molar-refractivity contribution in [3.05, 3.63) is 65.7 Å². The molecule has 7 heteroatoms. The smallest absolute Gasteiger partial charge is 0.338 e. The van der Waals surface area contributed by atoms with Gasteiger partial charge in [-0.2, -0.15) is 4.31 Å². The standard InChI is InChI=1S/C22H25NO5S/c1-16-11-17(2)14-23(13-16)29(26,27)20-10-6-9-19(12-20)22(25)28-15-21(24)18-7-4-3-5-8-18/h3-10,12,16-17H,11,13-15H2,1-2H3. The van der Waals surface area contributed by atoms with Crippen LogP contribution < -0.4 is 0 Å². The van der Waals surface area contributed by atoms with E-state index in [1.165, 1.54) is 28.6 Å². The molecule has 0 saturated carbocycles. The number of nitrogens with zero attached hydrogens (tertiary/aromatic N) is 1. The van der Waals surface area contributed by atoms with Gasteiger partial charge in [-0.15, -0.1) is 0 Å². The molecule has 0 aromatic heterocycles. The number of hydrogen-bond acceptors (Lipinski definition) is 5. The molecule has 1 aliphatic heterocycles. The highest BCUT2D eigenvalue weighted by Crippen LogP contribution is 2.27. The third-order valence-corrected chi connectivity index (χ3v) is 6.80. The van der Waals surface area contributed by atoms with Crippen molar-refractivity contribution in [1.82, 2.24) is 4.31 Å². The third kappa shape index (κ3) is 5.10. The zero-order valence-electron chi connectivity index (χ0n) is 16.6. The minimum atomic E-state index is -3.70. The number of benzene rings is 2. The lowest BCUT2D eigenvalue weighted by Crippen LogP contribution is -2.42. The second-order valence-corrected chi connectivity index (χ2v) is 9.60. The van der Waals surface area contributed by atoms with E-state index >= 15 is 0 Å². The number of ether oxygens (including phenoxy) is 1. The molecule has 0 amide bonds. The summed E-state index contributed by atoms with van der Waals surface area (Å²) in [6.07, 6.45) is 0.994. The Bertz CT molecular complexity index is 977. The summed E-state index contributed by atoms with van der Waals surface area (Å²) in [5, 5.41) is 0. The van der Waals surface area contributed by atoms with Crippen molar-refractivity contribution in [1.29, 1.82) is 0 Å². The van der Waals surface area contributed by atoms with E-state index in [-0.39, 0.29) is 28.1 Å². The third-order valence-electron chi connectivity index (χ3n) is 4.97. The van der Waals surface area contributed by atoms with Crippen LogP contribution in [0, 0.1) is 11.8 Å². The van der Waals surface area contributed by atoms with E-state index in [0.29, 0.717) is 18.7 Å². The molecule has 0 aliphatic carbocycles. The highest BCUT2D eigenvalue weighted by molar-refractivity contribution is 7.89. The normalized spacial score (nSPS) is 20.2. The lowest BCUT2D eigenvalue weighted by molar-refractivity contribution is 0.0474. The van der Waals surface area contributed by atoms with Crippen molar-refractivity contribution in [2.75, 3.05) is 19.7 Å². The number of esters is 1. The van der Waals surface area contributed by atoms with Crippen LogP contribution in [0.25, 0.3) is 0 Å². The van der Waals surface area contributed by atoms with Crippen molar-refractivity contribution in [3.8, 4) is 0 Å². The maximum absolute atomic E-state index is 13.0. The van der Waals surface area contributed by atoms with Crippen LogP contribution in [0.1, 0.15) is 41.0 Å². The summed E-state index contributed by atoms with van der Waals surface area (Å²) in [7, 11) is -3.70. The molecule has 154 valence electrons. The molecule has 2 unspecified atom stereocenters. The minimum absolute atomic E-state index is 0.0580. The molecule has 1 heterocycles. The van der Waals surface area contributed by atoms with Crippen molar-refractivity contribution >= 4 is 21.8 Å². The molecule has 0 bridgehead atoms. The monoisotopic (exact) mass is 415 g/mol. The first-order valence-corrected chi connectivity index (χ1v) is 11.1. The first kappa shape index (κ1) is 21.2. The molecule has 2 aromatic rings. The van der Waals surface area contributed by atoms with Gasteiger partial charge in [0.05, 0.1) is 10.5 Å². The van der Waals surface area contributed by atoms with Crippen LogP contribution in [-0.4, -0.2) is 44.2 Å². The van der Waals surface area contributed by atoms with Crippen LogP contribution in [0.2, 0.25) is 0 Å². The summed E-state index contributed by atoms with van der Waals surface area (Å²) in [6, 6.07) is 14.3. The van der Waals surface area contributed by atoms with Crippen LogP contribution in [0.3, 0.4) is 0 Å². The largest absolute Gasteiger partial charge is 0.454 e. The molecule has 29 heavy (non-hydrogen) atoms. The van der Waals surface area contributed by atoms with Crippen molar-refractivity contribution in [3.63, 3.8) is 0 Å². The quantitative estimate of drug-likeness (QED) is 0.534. The van der Waals surface area contributed by atoms with Gasteiger partial charge in [0.2, 0.25) is 10.0 Å². The van der Waals surface area contributed by atoms with Crippen molar-refractivity contribution in [2.45, 2.75) is 25.2 Å². The number of carbonyl (C=O) groups is 2. The second-order valence-electron chi connectivity index (χ2n) is 7.66. The molecule has 1 fully saturated rings. The highest BCUT2D eigenvalue weighted by Gasteiger charge is 2.32. The number of carbonyl (C=O) groups excluding carboxylic acids is 2. The Morgan fingerprint density at radius 3 is 2.24 bits per heavy atom. The van der Waals surface area contributed by atoms with E-state index in [9.17, 15) is 18.0 Å². The summed E-state index contributed by atoms with van der Waals surface area (Å²) < 4.78 is 32.6. The van der Waals surface area contributed by atoms with Gasteiger partial charge < -0.3 is 4.74 Å². The van der Waals surface area contributed by atoms with E-state index in [1.807, 2.05) is 13.8 Å².